The highest BCUT2D eigenvalue weighted by Crippen LogP contribution is 2.33. The number of rotatable bonds is 6. The molecule has 0 bridgehead atoms. The number of benzene rings is 3. The number of hydrogen-bond donors (Lipinski definition) is 0. The topological polar surface area (TPSA) is 48.4 Å². The molecule has 0 aliphatic carbocycles. The zero-order chi connectivity index (χ0) is 22.7. The molecule has 0 saturated carbocycles. The lowest BCUT2D eigenvalue weighted by Gasteiger charge is -2.15. The van der Waals surface area contributed by atoms with Crippen LogP contribution in [0.4, 0.5) is 4.39 Å². The smallest absolute Gasteiger partial charge is 0.360 e. The van der Waals surface area contributed by atoms with Crippen molar-refractivity contribution >= 4 is 28.3 Å². The summed E-state index contributed by atoms with van der Waals surface area (Å²) < 4.78 is 25.3. The van der Waals surface area contributed by atoms with Crippen LogP contribution in [0.5, 0.6) is 5.75 Å². The van der Waals surface area contributed by atoms with Gasteiger partial charge in [0.1, 0.15) is 12.4 Å². The van der Waals surface area contributed by atoms with Gasteiger partial charge in [-0.25, -0.2) is 14.2 Å². The van der Waals surface area contributed by atoms with Crippen LogP contribution in [0.25, 0.3) is 10.8 Å². The van der Waals surface area contributed by atoms with E-state index < -0.39 is 5.97 Å². The van der Waals surface area contributed by atoms with Crippen molar-refractivity contribution in [2.75, 3.05) is 7.11 Å². The maximum absolute atomic E-state index is 14.3. The molecule has 6 heteroatoms. The van der Waals surface area contributed by atoms with E-state index in [0.717, 1.165) is 21.9 Å². The minimum Gasteiger partial charge on any atom is -0.486 e. The number of esters is 1. The molecule has 1 aromatic heterocycles. The molecule has 0 unspecified atom stereocenters. The molecule has 0 fully saturated rings. The fourth-order valence-electron chi connectivity index (χ4n) is 3.60. The van der Waals surface area contributed by atoms with Crippen LogP contribution in [0.1, 0.15) is 32.9 Å². The molecule has 4 nitrogen and oxygen atoms in total. The van der Waals surface area contributed by atoms with Gasteiger partial charge in [-0.15, -0.1) is 0 Å². The number of fused-ring (bicyclic) bond motifs is 1. The van der Waals surface area contributed by atoms with E-state index >= 15 is 0 Å². The van der Waals surface area contributed by atoms with Crippen LogP contribution in [0.15, 0.2) is 66.7 Å². The van der Waals surface area contributed by atoms with Crippen molar-refractivity contribution in [1.29, 1.82) is 0 Å². The molecule has 0 aliphatic heterocycles. The number of pyridine rings is 1. The van der Waals surface area contributed by atoms with E-state index in [0.29, 0.717) is 28.5 Å². The van der Waals surface area contributed by atoms with Crippen LogP contribution in [-0.4, -0.2) is 18.1 Å². The third-order valence-corrected chi connectivity index (χ3v) is 5.46. The third-order valence-electron chi connectivity index (χ3n) is 5.23. The Kier molecular flexibility index (Phi) is 6.37. The van der Waals surface area contributed by atoms with Crippen molar-refractivity contribution in [2.45, 2.75) is 20.0 Å². The van der Waals surface area contributed by atoms with Crippen molar-refractivity contribution < 1.29 is 18.7 Å². The minimum absolute atomic E-state index is 0.130. The monoisotopic (exact) mass is 449 g/mol. The summed E-state index contributed by atoms with van der Waals surface area (Å²) in [5, 5.41) is 1.93. The molecule has 0 saturated heterocycles. The van der Waals surface area contributed by atoms with Crippen molar-refractivity contribution in [3.05, 3.63) is 106 Å². The summed E-state index contributed by atoms with van der Waals surface area (Å²) in [7, 11) is 1.31. The van der Waals surface area contributed by atoms with Gasteiger partial charge in [-0.3, -0.25) is 0 Å². The van der Waals surface area contributed by atoms with Gasteiger partial charge >= 0.3 is 5.97 Å². The summed E-state index contributed by atoms with van der Waals surface area (Å²) in [5.74, 6) is -0.545. The number of hydrogen-bond acceptors (Lipinski definition) is 4. The fraction of sp³-hybridized carbons (Fsp3) is 0.154. The van der Waals surface area contributed by atoms with E-state index in [2.05, 4.69) is 4.98 Å². The van der Waals surface area contributed by atoms with E-state index in [-0.39, 0.29) is 18.1 Å². The van der Waals surface area contributed by atoms with E-state index in [4.69, 9.17) is 21.1 Å². The largest absolute Gasteiger partial charge is 0.486 e. The highest BCUT2D eigenvalue weighted by Gasteiger charge is 2.21. The number of aromatic nitrogens is 1. The Bertz CT molecular complexity index is 1290. The minimum atomic E-state index is -0.564. The molecule has 0 spiro atoms. The van der Waals surface area contributed by atoms with Crippen LogP contribution in [0.2, 0.25) is 5.02 Å². The van der Waals surface area contributed by atoms with Crippen LogP contribution in [-0.2, 0) is 17.8 Å². The molecule has 4 aromatic rings. The Morgan fingerprint density at radius 2 is 1.78 bits per heavy atom. The standard InChI is InChI=1S/C26H21ClFNO3/c1-16-22-13-18(12-19-9-10-20(27)14-23(19)28)8-11-21(22)25(24(29-16)26(30)31-2)32-15-17-6-4-3-5-7-17/h3-11,13-14H,12,15H2,1-2H3. The molecule has 3 aromatic carbocycles. The lowest BCUT2D eigenvalue weighted by molar-refractivity contribution is 0.0588. The molecule has 1 heterocycles. The molecule has 4 rings (SSSR count). The first-order valence-electron chi connectivity index (χ1n) is 10.1. The quantitative estimate of drug-likeness (QED) is 0.324. The molecular formula is C26H21ClFNO3. The van der Waals surface area contributed by atoms with Crippen molar-refractivity contribution in [3.8, 4) is 5.75 Å². The zero-order valence-corrected chi connectivity index (χ0v) is 18.4. The van der Waals surface area contributed by atoms with Crippen LogP contribution in [0, 0.1) is 12.7 Å². The fourth-order valence-corrected chi connectivity index (χ4v) is 3.76. The number of carbonyl (C=O) groups excluding carboxylic acids is 1. The van der Waals surface area contributed by atoms with E-state index in [1.54, 1.807) is 12.1 Å². The van der Waals surface area contributed by atoms with Gasteiger partial charge < -0.3 is 9.47 Å². The Labute approximate surface area is 190 Å². The summed E-state index contributed by atoms with van der Waals surface area (Å²) in [6.07, 6.45) is 0.400. The molecule has 162 valence electrons. The van der Waals surface area contributed by atoms with E-state index in [9.17, 15) is 9.18 Å². The summed E-state index contributed by atoms with van der Waals surface area (Å²) in [5.41, 5.74) is 3.21. The van der Waals surface area contributed by atoms with Gasteiger partial charge in [0.2, 0.25) is 0 Å². The molecule has 0 N–H and O–H groups in total. The highest BCUT2D eigenvalue weighted by atomic mass is 35.5. The van der Waals surface area contributed by atoms with Crippen molar-refractivity contribution in [3.63, 3.8) is 0 Å². The molecule has 0 atom stereocenters. The molecular weight excluding hydrogens is 429 g/mol. The van der Waals surface area contributed by atoms with Gasteiger partial charge in [0.15, 0.2) is 11.4 Å². The summed E-state index contributed by atoms with van der Waals surface area (Å²) in [4.78, 5) is 16.9. The number of ether oxygens (including phenoxy) is 2. The molecule has 0 radical (unpaired) electrons. The van der Waals surface area contributed by atoms with Crippen LogP contribution >= 0.6 is 11.6 Å². The normalized spacial score (nSPS) is 10.9. The van der Waals surface area contributed by atoms with Gasteiger partial charge in [-0.1, -0.05) is 60.1 Å². The number of halogens is 2. The maximum Gasteiger partial charge on any atom is 0.360 e. The van der Waals surface area contributed by atoms with Crippen LogP contribution < -0.4 is 4.74 Å². The lowest BCUT2D eigenvalue weighted by Crippen LogP contribution is -2.10. The van der Waals surface area contributed by atoms with Gasteiger partial charge in [0.05, 0.1) is 7.11 Å². The first-order valence-corrected chi connectivity index (χ1v) is 10.5. The first kappa shape index (κ1) is 21.8. The van der Waals surface area contributed by atoms with E-state index in [1.807, 2.05) is 55.5 Å². The summed E-state index contributed by atoms with van der Waals surface area (Å²) >= 11 is 5.86. The Balaban J connectivity index is 1.75. The lowest BCUT2D eigenvalue weighted by atomic mass is 9.99. The van der Waals surface area contributed by atoms with Gasteiger partial charge in [0, 0.05) is 27.9 Å². The molecule has 0 aliphatic rings. The molecule has 0 amide bonds. The van der Waals surface area contributed by atoms with E-state index in [1.165, 1.54) is 13.2 Å². The second-order valence-corrected chi connectivity index (χ2v) is 7.87. The first-order chi connectivity index (χ1) is 15.5. The highest BCUT2D eigenvalue weighted by molar-refractivity contribution is 6.30. The predicted molar refractivity (Wildman–Crippen MR) is 123 cm³/mol. The number of methoxy groups -OCH3 is 1. The van der Waals surface area contributed by atoms with Crippen molar-refractivity contribution in [2.24, 2.45) is 0 Å². The second-order valence-electron chi connectivity index (χ2n) is 7.43. The zero-order valence-electron chi connectivity index (χ0n) is 17.7. The van der Waals surface area contributed by atoms with Gasteiger partial charge in [-0.2, -0.15) is 0 Å². The summed E-state index contributed by atoms with van der Waals surface area (Å²) in [6, 6.07) is 20.0. The number of carbonyl (C=O) groups is 1. The Morgan fingerprint density at radius 3 is 2.50 bits per heavy atom. The van der Waals surface area contributed by atoms with Crippen LogP contribution in [0.3, 0.4) is 0 Å². The Hall–Kier alpha value is -3.44. The number of aryl methyl sites for hydroxylation is 1. The second kappa shape index (κ2) is 9.37. The average molecular weight is 450 g/mol. The predicted octanol–water partition coefficient (Wildman–Crippen LogP) is 6.29. The van der Waals surface area contributed by atoms with Gasteiger partial charge in [0.25, 0.3) is 0 Å². The average Bonchev–Trinajstić information content (AvgIpc) is 2.80. The van der Waals surface area contributed by atoms with Gasteiger partial charge in [-0.05, 0) is 41.8 Å². The SMILES string of the molecule is COC(=O)c1nc(C)c2cc(Cc3ccc(Cl)cc3F)ccc2c1OCc1ccccc1. The maximum atomic E-state index is 14.3. The molecule has 32 heavy (non-hydrogen) atoms. The number of nitrogens with zero attached hydrogens (tertiary/aromatic N) is 1. The summed E-state index contributed by atoms with van der Waals surface area (Å²) in [6.45, 7) is 2.10. The van der Waals surface area contributed by atoms with Crippen molar-refractivity contribution in [1.82, 2.24) is 4.98 Å². The Morgan fingerprint density at radius 1 is 1.00 bits per heavy atom. The third kappa shape index (κ3) is 4.58.